The Bertz CT molecular complexity index is 233. The summed E-state index contributed by atoms with van der Waals surface area (Å²) in [5.74, 6) is 1.00. The number of carbonyl (C=O) groups excluding carboxylic acids is 4. The molecular weight excluding hydrogens is 351 g/mol. The number of hydrogen-bond donors (Lipinski definition) is 0. The second-order valence-electron chi connectivity index (χ2n) is 4.25. The van der Waals surface area contributed by atoms with E-state index in [1.165, 1.54) is 8.87 Å². The van der Waals surface area contributed by atoms with E-state index in [9.17, 15) is 0 Å². The average molecular weight is 381 g/mol. The molecule has 0 amide bonds. The predicted molar refractivity (Wildman–Crippen MR) is 86.4 cm³/mol. The average Bonchev–Trinajstić information content (AvgIpc) is 2.15. The quantitative estimate of drug-likeness (QED) is 0.385. The summed E-state index contributed by atoms with van der Waals surface area (Å²) >= 11 is 0.218. The fraction of sp³-hybridized carbons (Fsp3) is 0.714. The van der Waals surface area contributed by atoms with Crippen LogP contribution in [-0.4, -0.2) is 63.5 Å². The number of ketones is 4. The van der Waals surface area contributed by atoms with Crippen LogP contribution in [0.15, 0.2) is 0 Å². The first-order valence-corrected chi connectivity index (χ1v) is 10.5. The summed E-state index contributed by atoms with van der Waals surface area (Å²) in [6.45, 7) is 10.8. The predicted octanol–water partition coefficient (Wildman–Crippen LogP) is 2.58. The van der Waals surface area contributed by atoms with E-state index in [4.69, 9.17) is 19.2 Å². The maximum atomic E-state index is 8.46. The van der Waals surface area contributed by atoms with E-state index in [-0.39, 0.29) is 44.3 Å². The van der Waals surface area contributed by atoms with Crippen LogP contribution in [0.2, 0.25) is 8.87 Å². The summed E-state index contributed by atoms with van der Waals surface area (Å²) in [6.07, 6.45) is 0.611. The fourth-order valence-corrected chi connectivity index (χ4v) is 2.42. The summed E-state index contributed by atoms with van der Waals surface area (Å²) in [5, 5.41) is 0. The van der Waals surface area contributed by atoms with Crippen LogP contribution in [0.1, 0.15) is 54.4 Å². The van der Waals surface area contributed by atoms with Crippen molar-refractivity contribution in [3.05, 3.63) is 0 Å². The van der Waals surface area contributed by atoms with Gasteiger partial charge in [-0.05, 0) is 0 Å². The second kappa shape index (κ2) is 17.5. The molecule has 0 fully saturated rings. The summed E-state index contributed by atoms with van der Waals surface area (Å²) in [5.41, 5.74) is 0. The Labute approximate surface area is 126 Å². The van der Waals surface area contributed by atoms with E-state index >= 15 is 0 Å². The third kappa shape index (κ3) is 46.6. The van der Waals surface area contributed by atoms with Gasteiger partial charge in [-0.15, -0.1) is 0 Å². The van der Waals surface area contributed by atoms with Crippen molar-refractivity contribution in [3.63, 3.8) is 0 Å². The van der Waals surface area contributed by atoms with E-state index in [1.807, 2.05) is 0 Å². The molecule has 110 valence electrons. The zero-order valence-corrected chi connectivity index (χ0v) is 16.0. The molecular formula is C14H30O4Sn+4. The number of hydrogen-bond acceptors (Lipinski definition) is 0. The van der Waals surface area contributed by atoms with Crippen LogP contribution in [0.4, 0.5) is 0 Å². The molecule has 0 unspecified atom stereocenters. The van der Waals surface area contributed by atoms with Crippen LogP contribution in [0.3, 0.4) is 0 Å². The zero-order chi connectivity index (χ0) is 15.8. The molecule has 0 aliphatic heterocycles. The topological polar surface area (TPSA) is 85.6 Å². The van der Waals surface area contributed by atoms with Crippen molar-refractivity contribution in [2.75, 3.05) is 0 Å². The standard InChI is InChI=1S/2C5H8O2.2C2H5.Sn/c2*1-4(6)3-5(2)7;2*1-2;/h2*3H2,1-2H3;2*1H2,2H3;/p+4. The molecule has 2 radical (unpaired) electrons. The molecule has 0 heterocycles. The van der Waals surface area contributed by atoms with Gasteiger partial charge in [0.1, 0.15) is 0 Å². The molecule has 0 spiro atoms. The molecule has 0 aliphatic carbocycles. The van der Waals surface area contributed by atoms with Crippen molar-refractivity contribution < 1.29 is 19.2 Å². The van der Waals surface area contributed by atoms with E-state index < -0.39 is 0 Å². The first-order valence-electron chi connectivity index (χ1n) is 6.43. The molecule has 0 aromatic heterocycles. The summed E-state index contributed by atoms with van der Waals surface area (Å²) in [7, 11) is 0. The Hall–Kier alpha value is -0.521. The maximum absolute atomic E-state index is 8.46. The van der Waals surface area contributed by atoms with Crippen molar-refractivity contribution in [2.45, 2.75) is 63.3 Å². The first kappa shape index (κ1) is 23.6. The van der Waals surface area contributed by atoms with Crippen LogP contribution >= 0.6 is 0 Å². The van der Waals surface area contributed by atoms with Gasteiger partial charge >= 0.3 is 67.0 Å². The molecule has 0 aromatic rings. The monoisotopic (exact) mass is 382 g/mol. The minimum atomic E-state index is 0.218. The molecule has 5 heteroatoms. The summed E-state index contributed by atoms with van der Waals surface area (Å²) < 4.78 is 3.03. The van der Waals surface area contributed by atoms with Gasteiger partial charge in [-0.3, -0.25) is 19.2 Å². The molecule has 0 saturated heterocycles. The van der Waals surface area contributed by atoms with Crippen molar-refractivity contribution in [2.24, 2.45) is 0 Å². The van der Waals surface area contributed by atoms with Crippen LogP contribution in [0.25, 0.3) is 0 Å². The molecule has 4 nitrogen and oxygen atoms in total. The van der Waals surface area contributed by atoms with Crippen LogP contribution in [0, 0.1) is 0 Å². The van der Waals surface area contributed by atoms with Gasteiger partial charge in [0.2, 0.25) is 0 Å². The summed E-state index contributed by atoms with van der Waals surface area (Å²) in [4.78, 5) is 33.8. The number of rotatable bonds is 6. The van der Waals surface area contributed by atoms with Crippen molar-refractivity contribution in [3.8, 4) is 0 Å². The van der Waals surface area contributed by atoms with E-state index in [1.54, 1.807) is 27.7 Å². The van der Waals surface area contributed by atoms with Crippen LogP contribution in [0.5, 0.6) is 0 Å². The van der Waals surface area contributed by atoms with Crippen molar-refractivity contribution >= 4 is 44.3 Å². The zero-order valence-electron chi connectivity index (χ0n) is 13.1. The van der Waals surface area contributed by atoms with E-state index in [0.717, 1.165) is 0 Å². The van der Waals surface area contributed by atoms with Crippen LogP contribution in [-0.2, 0) is 0 Å². The van der Waals surface area contributed by atoms with Gasteiger partial charge < -0.3 is 0 Å². The molecule has 0 saturated carbocycles. The van der Waals surface area contributed by atoms with Crippen molar-refractivity contribution in [1.82, 2.24) is 0 Å². The van der Waals surface area contributed by atoms with E-state index in [2.05, 4.69) is 13.8 Å². The van der Waals surface area contributed by atoms with Gasteiger partial charge in [-0.2, -0.15) is 0 Å². The molecule has 0 bridgehead atoms. The van der Waals surface area contributed by atoms with E-state index in [0.29, 0.717) is 12.8 Å². The molecule has 0 rings (SSSR count). The van der Waals surface area contributed by atoms with Gasteiger partial charge in [-0.25, -0.2) is 0 Å². The molecule has 0 atom stereocenters. The Kier molecular flexibility index (Phi) is 21.7. The normalized spacial score (nSPS) is 8.32. The first-order chi connectivity index (χ1) is 8.67. The van der Waals surface area contributed by atoms with Gasteiger partial charge in [0.15, 0.2) is 12.8 Å². The van der Waals surface area contributed by atoms with Crippen molar-refractivity contribution in [1.29, 1.82) is 0 Å². The third-order valence-corrected chi connectivity index (χ3v) is 4.38. The van der Waals surface area contributed by atoms with Gasteiger partial charge in [-0.1, -0.05) is 0 Å². The van der Waals surface area contributed by atoms with Gasteiger partial charge in [0, 0.05) is 27.7 Å². The molecule has 19 heavy (non-hydrogen) atoms. The van der Waals surface area contributed by atoms with Gasteiger partial charge in [0.25, 0.3) is 0 Å². The Morgan fingerprint density at radius 3 is 0.842 bits per heavy atom. The molecule has 0 aromatic carbocycles. The Morgan fingerprint density at radius 1 is 0.632 bits per heavy atom. The Morgan fingerprint density at radius 2 is 0.842 bits per heavy atom. The minimum absolute atomic E-state index is 0.218. The Balaban J connectivity index is -0.000000206. The SMILES string of the molecule is CC(=[OH+])CC(C)=[OH+].CC(=[OH+])CC(C)=[OH+].C[CH2][Sn][CH2]C. The fourth-order valence-electron chi connectivity index (χ4n) is 0.990. The molecule has 4 N–H and O–H groups in total. The third-order valence-electron chi connectivity index (χ3n) is 1.52. The summed E-state index contributed by atoms with van der Waals surface area (Å²) in [6, 6.07) is 0. The molecule has 0 aliphatic rings. The van der Waals surface area contributed by atoms with Crippen LogP contribution < -0.4 is 0 Å². The van der Waals surface area contributed by atoms with Gasteiger partial charge in [0.05, 0.1) is 0 Å². The second-order valence-corrected chi connectivity index (χ2v) is 9.72.